The van der Waals surface area contributed by atoms with Crippen molar-refractivity contribution in [2.75, 3.05) is 26.0 Å². The average molecular weight is 410 g/mol. The van der Waals surface area contributed by atoms with Crippen molar-refractivity contribution in [3.05, 3.63) is 59.7 Å². The molecule has 1 unspecified atom stereocenters. The first-order valence-electron chi connectivity index (χ1n) is 8.67. The van der Waals surface area contributed by atoms with E-state index in [4.69, 9.17) is 4.74 Å². The van der Waals surface area contributed by atoms with Crippen molar-refractivity contribution in [2.24, 2.45) is 0 Å². The zero-order valence-corrected chi connectivity index (χ0v) is 17.0. The highest BCUT2D eigenvalue weighted by Gasteiger charge is 2.35. The molecule has 1 fully saturated rings. The predicted octanol–water partition coefficient (Wildman–Crippen LogP) is 2.55. The average Bonchev–Trinajstić information content (AvgIpc) is 2.80. The minimum atomic E-state index is -3.78. The highest BCUT2D eigenvalue weighted by molar-refractivity contribution is 7.92. The number of aryl methyl sites for hydroxylation is 1. The van der Waals surface area contributed by atoms with Gasteiger partial charge in [-0.05, 0) is 42.7 Å². The largest absolute Gasteiger partial charge is 0.496 e. The molecule has 1 atom stereocenters. The van der Waals surface area contributed by atoms with E-state index in [9.17, 15) is 16.8 Å². The summed E-state index contributed by atoms with van der Waals surface area (Å²) in [5.41, 5.74) is 1.42. The molecule has 146 valence electrons. The van der Waals surface area contributed by atoms with Crippen LogP contribution >= 0.6 is 0 Å². The van der Waals surface area contributed by atoms with E-state index in [2.05, 4.69) is 0 Å². The third-order valence-electron chi connectivity index (χ3n) is 4.87. The Bertz CT molecular complexity index is 1020. The highest BCUT2D eigenvalue weighted by atomic mass is 32.2. The van der Waals surface area contributed by atoms with Crippen molar-refractivity contribution < 1.29 is 21.6 Å². The molecule has 0 bridgehead atoms. The third kappa shape index (κ3) is 4.02. The maximum atomic E-state index is 13.0. The monoisotopic (exact) mass is 409 g/mol. The molecule has 2 aromatic carbocycles. The fraction of sp³-hybridized carbons (Fsp3) is 0.368. The van der Waals surface area contributed by atoms with E-state index in [0.29, 0.717) is 16.9 Å². The van der Waals surface area contributed by atoms with Gasteiger partial charge in [-0.3, -0.25) is 0 Å². The number of hydrogen-bond acceptors (Lipinski definition) is 5. The molecule has 0 spiro atoms. The first-order valence-corrected chi connectivity index (χ1v) is 11.8. The summed E-state index contributed by atoms with van der Waals surface area (Å²) in [5, 5.41) is -0.684. The Kier molecular flexibility index (Phi) is 5.60. The Morgan fingerprint density at radius 2 is 1.78 bits per heavy atom. The van der Waals surface area contributed by atoms with E-state index in [-0.39, 0.29) is 30.2 Å². The van der Waals surface area contributed by atoms with E-state index in [0.717, 1.165) is 0 Å². The van der Waals surface area contributed by atoms with Crippen molar-refractivity contribution in [2.45, 2.75) is 23.5 Å². The number of hydrogen-bond donors (Lipinski definition) is 0. The van der Waals surface area contributed by atoms with Gasteiger partial charge in [-0.1, -0.05) is 30.3 Å². The van der Waals surface area contributed by atoms with Crippen LogP contribution in [0.15, 0.2) is 53.4 Å². The minimum Gasteiger partial charge on any atom is -0.496 e. The topological polar surface area (TPSA) is 80.8 Å². The lowest BCUT2D eigenvalue weighted by Gasteiger charge is -2.20. The van der Waals surface area contributed by atoms with Crippen molar-refractivity contribution in [1.82, 2.24) is 4.31 Å². The molecule has 0 aromatic heterocycles. The Labute approximate surface area is 160 Å². The van der Waals surface area contributed by atoms with Gasteiger partial charge in [0.25, 0.3) is 0 Å². The summed E-state index contributed by atoms with van der Waals surface area (Å²) in [7, 11) is -5.68. The lowest BCUT2D eigenvalue weighted by Crippen LogP contribution is -2.33. The van der Waals surface area contributed by atoms with E-state index in [1.54, 1.807) is 43.3 Å². The van der Waals surface area contributed by atoms with Gasteiger partial charge in [0.2, 0.25) is 10.0 Å². The Morgan fingerprint density at radius 3 is 2.41 bits per heavy atom. The van der Waals surface area contributed by atoms with Crippen molar-refractivity contribution in [3.8, 4) is 5.75 Å². The molecule has 3 rings (SSSR count). The molecule has 0 N–H and O–H groups in total. The standard InChI is InChI=1S/C19H23NO5S2/c1-15-14-17(8-9-18(15)25-2)27(23,24)20-11-10-19(26(21,22)13-12-20)16-6-4-3-5-7-16/h3-9,14,19H,10-13H2,1-2H3. The molecule has 0 radical (unpaired) electrons. The molecule has 1 heterocycles. The van der Waals surface area contributed by atoms with Crippen molar-refractivity contribution >= 4 is 19.9 Å². The summed E-state index contributed by atoms with van der Waals surface area (Å²) in [4.78, 5) is 0.149. The highest BCUT2D eigenvalue weighted by Crippen LogP contribution is 2.31. The zero-order valence-electron chi connectivity index (χ0n) is 15.3. The summed E-state index contributed by atoms with van der Waals surface area (Å²) in [6.45, 7) is 1.89. The van der Waals surface area contributed by atoms with Gasteiger partial charge in [0, 0.05) is 13.1 Å². The number of nitrogens with zero attached hydrogens (tertiary/aromatic N) is 1. The molecule has 0 amide bonds. The summed E-state index contributed by atoms with van der Waals surface area (Å²) in [6, 6.07) is 13.6. The van der Waals surface area contributed by atoms with Gasteiger partial charge in [0.1, 0.15) is 5.75 Å². The smallest absolute Gasteiger partial charge is 0.243 e. The molecular formula is C19H23NO5S2. The molecule has 6 nitrogen and oxygen atoms in total. The van der Waals surface area contributed by atoms with Gasteiger partial charge >= 0.3 is 0 Å². The van der Waals surface area contributed by atoms with Gasteiger partial charge in [-0.25, -0.2) is 16.8 Å². The molecular weight excluding hydrogens is 386 g/mol. The van der Waals surface area contributed by atoms with Gasteiger partial charge < -0.3 is 4.74 Å². The molecule has 2 aromatic rings. The lowest BCUT2D eigenvalue weighted by atomic mass is 10.1. The van der Waals surface area contributed by atoms with E-state index in [1.165, 1.54) is 17.5 Å². The molecule has 0 saturated carbocycles. The van der Waals surface area contributed by atoms with Crippen LogP contribution in [0.3, 0.4) is 0 Å². The van der Waals surface area contributed by atoms with Crippen LogP contribution in [0.25, 0.3) is 0 Å². The van der Waals surface area contributed by atoms with Crippen LogP contribution in [0.1, 0.15) is 22.8 Å². The van der Waals surface area contributed by atoms with E-state index >= 15 is 0 Å². The number of benzene rings is 2. The van der Waals surface area contributed by atoms with Crippen molar-refractivity contribution in [1.29, 1.82) is 0 Å². The van der Waals surface area contributed by atoms with Gasteiger partial charge in [0.05, 0.1) is 23.0 Å². The zero-order chi connectivity index (χ0) is 19.7. The SMILES string of the molecule is COc1ccc(S(=O)(=O)N2CCC(c3ccccc3)S(=O)(=O)CC2)cc1C. The van der Waals surface area contributed by atoms with Gasteiger partial charge in [-0.2, -0.15) is 4.31 Å². The summed E-state index contributed by atoms with van der Waals surface area (Å²) < 4.78 is 57.9. The molecule has 8 heteroatoms. The summed E-state index contributed by atoms with van der Waals surface area (Å²) >= 11 is 0. The van der Waals surface area contributed by atoms with Gasteiger partial charge in [-0.15, -0.1) is 0 Å². The maximum Gasteiger partial charge on any atom is 0.243 e. The summed E-state index contributed by atoms with van der Waals surface area (Å²) in [5.74, 6) is 0.414. The second-order valence-corrected chi connectivity index (χ2v) is 10.8. The van der Waals surface area contributed by atoms with Crippen LogP contribution in [0.4, 0.5) is 0 Å². The fourth-order valence-electron chi connectivity index (χ4n) is 3.37. The second-order valence-electron chi connectivity index (χ2n) is 6.59. The van der Waals surface area contributed by atoms with E-state index < -0.39 is 25.1 Å². The number of rotatable bonds is 4. The third-order valence-corrected chi connectivity index (χ3v) is 8.90. The van der Waals surface area contributed by atoms with Crippen molar-refractivity contribution in [3.63, 3.8) is 0 Å². The van der Waals surface area contributed by atoms with E-state index in [1.807, 2.05) is 6.07 Å². The first kappa shape index (κ1) is 19.9. The molecule has 1 aliphatic heterocycles. The van der Waals surface area contributed by atoms with Crippen LogP contribution < -0.4 is 4.74 Å². The fourth-order valence-corrected chi connectivity index (χ4v) is 6.82. The number of sulfonamides is 1. The number of ether oxygens (including phenoxy) is 1. The van der Waals surface area contributed by atoms with Crippen LogP contribution in [0, 0.1) is 6.92 Å². The Morgan fingerprint density at radius 1 is 1.07 bits per heavy atom. The Hall–Kier alpha value is -1.90. The first-order chi connectivity index (χ1) is 12.8. The van der Waals surface area contributed by atoms with Crippen LogP contribution in [0.2, 0.25) is 0 Å². The quantitative estimate of drug-likeness (QED) is 0.775. The number of methoxy groups -OCH3 is 1. The van der Waals surface area contributed by atoms with Gasteiger partial charge in [0.15, 0.2) is 9.84 Å². The molecule has 27 heavy (non-hydrogen) atoms. The molecule has 1 aliphatic rings. The maximum absolute atomic E-state index is 13.0. The van der Waals surface area contributed by atoms with Crippen LogP contribution in [-0.2, 0) is 19.9 Å². The molecule has 1 saturated heterocycles. The molecule has 0 aliphatic carbocycles. The van der Waals surface area contributed by atoms with Crippen LogP contribution in [-0.4, -0.2) is 47.1 Å². The Balaban J connectivity index is 1.89. The number of sulfone groups is 1. The summed E-state index contributed by atoms with van der Waals surface area (Å²) in [6.07, 6.45) is 0.237. The predicted molar refractivity (Wildman–Crippen MR) is 104 cm³/mol. The minimum absolute atomic E-state index is 0.0426. The second kappa shape index (κ2) is 7.61. The lowest BCUT2D eigenvalue weighted by molar-refractivity contribution is 0.410. The van der Waals surface area contributed by atoms with Crippen LogP contribution in [0.5, 0.6) is 5.75 Å². The normalized spacial score (nSPS) is 20.7.